The van der Waals surface area contributed by atoms with Crippen molar-refractivity contribution >= 4 is 24.7 Å². The second kappa shape index (κ2) is 9.07. The summed E-state index contributed by atoms with van der Waals surface area (Å²) in [5.74, 6) is 5.98. The minimum atomic E-state index is -2.81. The summed E-state index contributed by atoms with van der Waals surface area (Å²) in [7, 11) is 8.96. The average Bonchev–Trinajstić information content (AvgIpc) is 2.92. The summed E-state index contributed by atoms with van der Waals surface area (Å²) in [6.45, 7) is 2.47. The van der Waals surface area contributed by atoms with Gasteiger partial charge < -0.3 is 0 Å². The number of anilines is 1. The van der Waals surface area contributed by atoms with Gasteiger partial charge in [-0.2, -0.15) is 0 Å². The van der Waals surface area contributed by atoms with Gasteiger partial charge in [-0.3, -0.25) is 0 Å². The molecule has 0 amide bonds. The molecule has 1 N–H and O–H groups in total. The van der Waals surface area contributed by atoms with E-state index in [-0.39, 0.29) is 0 Å². The van der Waals surface area contributed by atoms with E-state index in [9.17, 15) is 0 Å². The van der Waals surface area contributed by atoms with Gasteiger partial charge in [0.25, 0.3) is 0 Å². The van der Waals surface area contributed by atoms with Crippen LogP contribution in [-0.2, 0) is 14.3 Å². The molecule has 11 rings (SSSR count). The molecule has 40 heavy (non-hydrogen) atoms. The molecular formula is C36H49ClNPPd. The van der Waals surface area contributed by atoms with Crippen LogP contribution >= 0.6 is 15.0 Å². The molecule has 1 nitrogen and oxygen atoms in total. The predicted octanol–water partition coefficient (Wildman–Crippen LogP) is 10.0. The number of fused-ring (bicyclic) bond motifs is 3. The summed E-state index contributed by atoms with van der Waals surface area (Å²) in [6.07, 6.45) is 22.8. The van der Waals surface area contributed by atoms with Gasteiger partial charge in [0, 0.05) is 0 Å². The second-order valence-corrected chi connectivity index (χ2v) is 33.2. The van der Waals surface area contributed by atoms with Crippen LogP contribution in [0.1, 0.15) is 96.8 Å². The summed E-state index contributed by atoms with van der Waals surface area (Å²) in [4.78, 5) is 0. The van der Waals surface area contributed by atoms with E-state index in [1.54, 1.807) is 81.1 Å². The minimum absolute atomic E-state index is 0.563. The average molecular weight is 669 g/mol. The first-order valence-corrected chi connectivity index (χ1v) is 24.7. The Morgan fingerprint density at radius 3 is 1.65 bits per heavy atom. The Bertz CT molecular complexity index is 1220. The third-order valence-corrected chi connectivity index (χ3v) is 40.2. The Hall–Kier alpha value is -0.378. The van der Waals surface area contributed by atoms with Gasteiger partial charge in [0.1, 0.15) is 0 Å². The molecule has 9 aliphatic rings. The van der Waals surface area contributed by atoms with Crippen LogP contribution in [0.4, 0.5) is 5.69 Å². The van der Waals surface area contributed by atoms with E-state index >= 15 is 0 Å². The van der Waals surface area contributed by atoms with Gasteiger partial charge in [-0.15, -0.1) is 0 Å². The number of halogens is 1. The topological polar surface area (TPSA) is 12.0 Å². The normalized spacial score (nSPS) is 45.9. The van der Waals surface area contributed by atoms with Crippen LogP contribution in [0.15, 0.2) is 48.5 Å². The van der Waals surface area contributed by atoms with Gasteiger partial charge >= 0.3 is 251 Å². The molecule has 220 valence electrons. The van der Waals surface area contributed by atoms with Crippen LogP contribution in [-0.4, -0.2) is 16.5 Å². The standard InChI is InChI=1S/C24H39P.C12H9N.ClH.Pd/c1-2-3-4-25(23-11-17-5-18(12-23)7-19(6-17)13-23)24-14-20-8-21(15-24)10-22(9-20)16-24;13-12-9-5-4-8-11(12)10-6-2-1-3-7-10;;/h17-22H,2-16H2,1H3;1-6,8-9,13H;1H;/q;-1;;+1. The summed E-state index contributed by atoms with van der Waals surface area (Å²) >= 11 is -2.81. The molecule has 8 bridgehead atoms. The van der Waals surface area contributed by atoms with Crippen molar-refractivity contribution in [1.29, 1.82) is 0 Å². The van der Waals surface area contributed by atoms with Gasteiger partial charge in [-0.05, 0) is 0 Å². The number of unbranched alkanes of at least 4 members (excludes halogenated alkanes) is 1. The summed E-state index contributed by atoms with van der Waals surface area (Å²) in [5, 5.41) is 1.13. The van der Waals surface area contributed by atoms with Crippen LogP contribution in [0, 0.1) is 35.5 Å². The first-order valence-electron chi connectivity index (χ1n) is 16.8. The van der Waals surface area contributed by atoms with Crippen LogP contribution in [0.5, 0.6) is 0 Å². The van der Waals surface area contributed by atoms with Crippen molar-refractivity contribution in [2.75, 3.05) is 10.1 Å². The zero-order valence-electron chi connectivity index (χ0n) is 24.4. The molecule has 1 atom stereocenters. The molecule has 0 saturated heterocycles. The summed E-state index contributed by atoms with van der Waals surface area (Å²) in [6, 6.07) is 18.9. The SMILES string of the molecule is CCCC[PH](C12CC3CC(CC(C3)C1)C2)(C12CC3CC(CC(C3)C1)C2)[Pd]1([Cl])[NH]c2ccccc2-c2cccc[c]21. The summed E-state index contributed by atoms with van der Waals surface area (Å²) in [5.41, 5.74) is 2.11. The third-order valence-electron chi connectivity index (χ3n) is 13.4. The van der Waals surface area contributed by atoms with Crippen molar-refractivity contribution < 1.29 is 14.3 Å². The van der Waals surface area contributed by atoms with Gasteiger partial charge in [0.05, 0.1) is 0 Å². The van der Waals surface area contributed by atoms with Crippen molar-refractivity contribution in [3.8, 4) is 11.1 Å². The molecule has 8 fully saturated rings. The maximum atomic E-state index is 8.96. The van der Waals surface area contributed by atoms with Gasteiger partial charge in [-0.25, -0.2) is 0 Å². The Morgan fingerprint density at radius 2 is 1.15 bits per heavy atom. The molecule has 1 unspecified atom stereocenters. The quantitative estimate of drug-likeness (QED) is 0.239. The molecule has 0 spiro atoms. The van der Waals surface area contributed by atoms with E-state index in [0.717, 1.165) is 35.5 Å². The molecule has 2 aromatic rings. The number of benzene rings is 2. The Balaban J connectivity index is 1.34. The molecule has 8 saturated carbocycles. The van der Waals surface area contributed by atoms with Gasteiger partial charge in [0.2, 0.25) is 0 Å². The fourth-order valence-electron chi connectivity index (χ4n) is 13.2. The molecular weight excluding hydrogens is 619 g/mol. The fourth-order valence-corrected chi connectivity index (χ4v) is 47.1. The first kappa shape index (κ1) is 26.1. The number of hydrogen-bond donors (Lipinski definition) is 1. The Kier molecular flexibility index (Phi) is 5.91. The van der Waals surface area contributed by atoms with Crippen LogP contribution in [0.2, 0.25) is 0 Å². The van der Waals surface area contributed by atoms with E-state index < -0.39 is 19.7 Å². The number of rotatable bonds is 6. The van der Waals surface area contributed by atoms with Crippen LogP contribution < -0.4 is 7.99 Å². The zero-order valence-corrected chi connectivity index (χ0v) is 27.7. The van der Waals surface area contributed by atoms with Crippen molar-refractivity contribution in [2.45, 2.75) is 107 Å². The molecule has 0 aromatic heterocycles. The number of para-hydroxylation sites is 1. The van der Waals surface area contributed by atoms with Crippen molar-refractivity contribution in [1.82, 2.24) is 0 Å². The molecule has 2 aromatic carbocycles. The van der Waals surface area contributed by atoms with Crippen molar-refractivity contribution in [3.05, 3.63) is 48.5 Å². The Labute approximate surface area is 250 Å². The Morgan fingerprint density at radius 1 is 0.700 bits per heavy atom. The molecule has 1 aliphatic heterocycles. The van der Waals surface area contributed by atoms with E-state index in [2.05, 4.69) is 59.4 Å². The van der Waals surface area contributed by atoms with Gasteiger partial charge in [-0.1, -0.05) is 0 Å². The predicted molar refractivity (Wildman–Crippen MR) is 171 cm³/mol. The monoisotopic (exact) mass is 667 g/mol. The van der Waals surface area contributed by atoms with E-state index in [4.69, 9.17) is 9.53 Å². The number of nitrogens with one attached hydrogen (secondary N) is 1. The maximum absolute atomic E-state index is 8.96. The number of hydrogen-bond acceptors (Lipinski definition) is 1. The molecule has 1 heterocycles. The van der Waals surface area contributed by atoms with Crippen LogP contribution in [0.3, 0.4) is 0 Å². The van der Waals surface area contributed by atoms with Crippen molar-refractivity contribution in [2.24, 2.45) is 35.5 Å². The molecule has 0 radical (unpaired) electrons. The second-order valence-electron chi connectivity index (χ2n) is 15.7. The molecule has 4 heteroatoms. The van der Waals surface area contributed by atoms with Gasteiger partial charge in [0.15, 0.2) is 0 Å². The summed E-state index contributed by atoms with van der Waals surface area (Å²) < 4.78 is 6.12. The van der Waals surface area contributed by atoms with Crippen LogP contribution in [0.25, 0.3) is 11.1 Å². The van der Waals surface area contributed by atoms with Crippen molar-refractivity contribution in [3.63, 3.8) is 0 Å². The molecule has 8 aliphatic carbocycles. The zero-order chi connectivity index (χ0) is 26.7. The van der Waals surface area contributed by atoms with E-state index in [1.165, 1.54) is 35.8 Å². The van der Waals surface area contributed by atoms with E-state index in [0.29, 0.717) is 10.3 Å². The fraction of sp³-hybridized carbons (Fsp3) is 0.667. The first-order chi connectivity index (χ1) is 19.5. The third kappa shape index (κ3) is 3.36. The van der Waals surface area contributed by atoms with E-state index in [1.807, 2.05) is 0 Å².